The fourth-order valence-electron chi connectivity index (χ4n) is 1.74. The predicted octanol–water partition coefficient (Wildman–Crippen LogP) is 2.22. The van der Waals surface area contributed by atoms with Crippen LogP contribution in [-0.2, 0) is 0 Å². The van der Waals surface area contributed by atoms with Gasteiger partial charge in [0, 0.05) is 23.5 Å². The van der Waals surface area contributed by atoms with Crippen LogP contribution in [0.25, 0.3) is 0 Å². The molecule has 110 valence electrons. The van der Waals surface area contributed by atoms with E-state index in [0.717, 1.165) is 21.6 Å². The highest BCUT2D eigenvalue weighted by Crippen LogP contribution is 2.37. The van der Waals surface area contributed by atoms with E-state index in [9.17, 15) is 9.59 Å². The van der Waals surface area contributed by atoms with Crippen LogP contribution in [0.3, 0.4) is 0 Å². The molecule has 0 bridgehead atoms. The molecule has 8 heteroatoms. The highest BCUT2D eigenvalue weighted by molar-refractivity contribution is 8.76. The Morgan fingerprint density at radius 3 is 1.55 bits per heavy atom. The molecule has 0 unspecified atom stereocenters. The third kappa shape index (κ3) is 3.25. The number of pyridine rings is 2. The standard InChI is InChI=1S/C14H10N4O2S2/c1-7-3-11(19)9(5-15)13(17-7)21-22-14-10(6-16)12(20)4-8(2)18-14/h3-4H,1-2H3,(H,17,19)(H,18,20). The minimum atomic E-state index is -0.361. The van der Waals surface area contributed by atoms with E-state index in [-0.39, 0.29) is 22.0 Å². The molecule has 0 aliphatic heterocycles. The van der Waals surface area contributed by atoms with E-state index in [1.165, 1.54) is 12.1 Å². The number of aryl methyl sites for hydroxylation is 2. The van der Waals surface area contributed by atoms with Gasteiger partial charge < -0.3 is 9.97 Å². The van der Waals surface area contributed by atoms with Crippen LogP contribution >= 0.6 is 21.6 Å². The van der Waals surface area contributed by atoms with Crippen molar-refractivity contribution in [3.05, 3.63) is 55.1 Å². The van der Waals surface area contributed by atoms with Gasteiger partial charge in [-0.15, -0.1) is 0 Å². The van der Waals surface area contributed by atoms with Crippen LogP contribution in [-0.4, -0.2) is 9.97 Å². The molecule has 0 saturated heterocycles. The highest BCUT2D eigenvalue weighted by Gasteiger charge is 2.13. The fraction of sp³-hybridized carbons (Fsp3) is 0.143. The van der Waals surface area contributed by atoms with Crippen LogP contribution in [0, 0.1) is 36.5 Å². The van der Waals surface area contributed by atoms with Gasteiger partial charge in [-0.1, -0.05) is 0 Å². The van der Waals surface area contributed by atoms with Gasteiger partial charge in [-0.3, -0.25) is 9.59 Å². The maximum Gasteiger partial charge on any atom is 0.200 e. The first-order valence-electron chi connectivity index (χ1n) is 6.09. The molecule has 0 saturated carbocycles. The second-order valence-electron chi connectivity index (χ2n) is 4.43. The smallest absolute Gasteiger partial charge is 0.200 e. The molecule has 2 N–H and O–H groups in total. The number of H-pyrrole nitrogens is 2. The Morgan fingerprint density at radius 1 is 0.864 bits per heavy atom. The zero-order valence-corrected chi connectivity index (χ0v) is 13.3. The molecule has 22 heavy (non-hydrogen) atoms. The normalized spacial score (nSPS) is 10.0. The molecule has 0 amide bonds. The Bertz CT molecular complexity index is 854. The summed E-state index contributed by atoms with van der Waals surface area (Å²) in [4.78, 5) is 29.4. The molecule has 0 aliphatic carbocycles. The third-order valence-electron chi connectivity index (χ3n) is 2.70. The monoisotopic (exact) mass is 330 g/mol. The number of rotatable bonds is 3. The van der Waals surface area contributed by atoms with Crippen molar-refractivity contribution in [2.24, 2.45) is 0 Å². The fourth-order valence-corrected chi connectivity index (χ4v) is 4.02. The first-order chi connectivity index (χ1) is 10.5. The zero-order chi connectivity index (χ0) is 16.3. The molecule has 0 aromatic carbocycles. The lowest BCUT2D eigenvalue weighted by molar-refractivity contribution is 1.03. The number of nitrogens with zero attached hydrogens (tertiary/aromatic N) is 2. The lowest BCUT2D eigenvalue weighted by atomic mass is 10.2. The van der Waals surface area contributed by atoms with Gasteiger partial charge in [-0.2, -0.15) is 10.5 Å². The van der Waals surface area contributed by atoms with Gasteiger partial charge in [0.1, 0.15) is 33.3 Å². The largest absolute Gasteiger partial charge is 0.352 e. The molecule has 0 spiro atoms. The number of aromatic nitrogens is 2. The summed E-state index contributed by atoms with van der Waals surface area (Å²) in [5, 5.41) is 18.9. The topological polar surface area (TPSA) is 113 Å². The summed E-state index contributed by atoms with van der Waals surface area (Å²) in [7, 11) is 2.23. The van der Waals surface area contributed by atoms with E-state index in [0.29, 0.717) is 21.4 Å². The van der Waals surface area contributed by atoms with E-state index in [1.807, 2.05) is 12.1 Å². The Labute approximate surface area is 133 Å². The Balaban J connectivity index is 2.41. The van der Waals surface area contributed by atoms with Crippen molar-refractivity contribution in [3.63, 3.8) is 0 Å². The van der Waals surface area contributed by atoms with Crippen molar-refractivity contribution in [1.29, 1.82) is 10.5 Å². The molecular weight excluding hydrogens is 320 g/mol. The average molecular weight is 330 g/mol. The molecule has 6 nitrogen and oxygen atoms in total. The molecular formula is C14H10N4O2S2. The van der Waals surface area contributed by atoms with Crippen molar-refractivity contribution in [2.45, 2.75) is 23.9 Å². The SMILES string of the molecule is Cc1cc(=O)c(C#N)c(SSc2[nH]c(C)cc(=O)c2C#N)[nH]1. The maximum absolute atomic E-state index is 11.8. The first kappa shape index (κ1) is 16.0. The molecule has 0 aliphatic rings. The number of hydrogen-bond acceptors (Lipinski definition) is 6. The third-order valence-corrected chi connectivity index (χ3v) is 4.97. The Kier molecular flexibility index (Phi) is 4.76. The van der Waals surface area contributed by atoms with E-state index >= 15 is 0 Å². The maximum atomic E-state index is 11.8. The van der Waals surface area contributed by atoms with Gasteiger partial charge in [0.25, 0.3) is 0 Å². The van der Waals surface area contributed by atoms with E-state index < -0.39 is 0 Å². The second-order valence-corrected chi connectivity index (χ2v) is 6.58. The van der Waals surface area contributed by atoms with Gasteiger partial charge >= 0.3 is 0 Å². The summed E-state index contributed by atoms with van der Waals surface area (Å²) < 4.78 is 0. The summed E-state index contributed by atoms with van der Waals surface area (Å²) in [5.74, 6) is 0. The summed E-state index contributed by atoms with van der Waals surface area (Å²) in [6, 6.07) is 6.43. The second kappa shape index (κ2) is 6.56. The van der Waals surface area contributed by atoms with Crippen LogP contribution in [0.15, 0.2) is 31.8 Å². The van der Waals surface area contributed by atoms with Crippen molar-refractivity contribution >= 4 is 21.6 Å². The van der Waals surface area contributed by atoms with Crippen LogP contribution in [0.4, 0.5) is 0 Å². The van der Waals surface area contributed by atoms with E-state index in [1.54, 1.807) is 13.8 Å². The van der Waals surface area contributed by atoms with Crippen LogP contribution in [0.5, 0.6) is 0 Å². The van der Waals surface area contributed by atoms with E-state index in [4.69, 9.17) is 10.5 Å². The Hall–Kier alpha value is -2.42. The number of nitrogens with one attached hydrogen (secondary N) is 2. The van der Waals surface area contributed by atoms with Crippen molar-refractivity contribution in [1.82, 2.24) is 9.97 Å². The molecule has 2 aromatic heterocycles. The van der Waals surface area contributed by atoms with Crippen LogP contribution in [0.2, 0.25) is 0 Å². The van der Waals surface area contributed by atoms with Crippen molar-refractivity contribution in [2.75, 3.05) is 0 Å². The average Bonchev–Trinajstić information content (AvgIpc) is 2.44. The van der Waals surface area contributed by atoms with Gasteiger partial charge in [-0.25, -0.2) is 0 Å². The van der Waals surface area contributed by atoms with E-state index in [2.05, 4.69) is 9.97 Å². The Morgan fingerprint density at radius 2 is 1.23 bits per heavy atom. The number of hydrogen-bond donors (Lipinski definition) is 2. The van der Waals surface area contributed by atoms with Gasteiger partial charge in [-0.05, 0) is 35.4 Å². The molecule has 2 aromatic rings. The summed E-state index contributed by atoms with van der Waals surface area (Å²) in [6.45, 7) is 3.43. The number of nitriles is 2. The van der Waals surface area contributed by atoms with Gasteiger partial charge in [0.15, 0.2) is 0 Å². The molecule has 0 fully saturated rings. The van der Waals surface area contributed by atoms with Crippen LogP contribution in [0.1, 0.15) is 22.5 Å². The summed E-state index contributed by atoms with van der Waals surface area (Å²) in [5.41, 5.74) is 0.559. The molecule has 2 heterocycles. The minimum Gasteiger partial charge on any atom is -0.352 e. The first-order valence-corrected chi connectivity index (χ1v) is 8.23. The minimum absolute atomic E-state index is 0.0107. The molecule has 0 radical (unpaired) electrons. The summed E-state index contributed by atoms with van der Waals surface area (Å²) >= 11 is 0. The summed E-state index contributed by atoms with van der Waals surface area (Å²) in [6.07, 6.45) is 0. The zero-order valence-electron chi connectivity index (χ0n) is 11.7. The quantitative estimate of drug-likeness (QED) is 0.834. The predicted molar refractivity (Wildman–Crippen MR) is 84.7 cm³/mol. The van der Waals surface area contributed by atoms with Crippen molar-refractivity contribution < 1.29 is 0 Å². The van der Waals surface area contributed by atoms with Gasteiger partial charge in [0.05, 0.1) is 0 Å². The lowest BCUT2D eigenvalue weighted by Gasteiger charge is -2.06. The molecule has 0 atom stereocenters. The van der Waals surface area contributed by atoms with Crippen molar-refractivity contribution in [3.8, 4) is 12.1 Å². The van der Waals surface area contributed by atoms with Crippen LogP contribution < -0.4 is 10.9 Å². The lowest BCUT2D eigenvalue weighted by Crippen LogP contribution is -2.09. The van der Waals surface area contributed by atoms with Gasteiger partial charge in [0.2, 0.25) is 10.9 Å². The highest BCUT2D eigenvalue weighted by atomic mass is 33.1. The molecule has 2 rings (SSSR count). The number of aromatic amines is 2.